The standard InChI is InChI=1S/C15H15FN2O/c16-13-4-2-1-3-10(13)9-11-5-6-12(14(11)19)15-17-7-8-18-15/h1-4,9,17-18H,5-8H2/b11-9+. The quantitative estimate of drug-likeness (QED) is 0.757. The van der Waals surface area contributed by atoms with Gasteiger partial charge in [-0.1, -0.05) is 18.2 Å². The van der Waals surface area contributed by atoms with Gasteiger partial charge in [0.25, 0.3) is 0 Å². The van der Waals surface area contributed by atoms with Crippen molar-refractivity contribution in [3.63, 3.8) is 0 Å². The molecule has 4 heteroatoms. The molecule has 0 aromatic heterocycles. The highest BCUT2D eigenvalue weighted by atomic mass is 19.1. The Balaban J connectivity index is 1.90. The molecule has 0 atom stereocenters. The molecule has 2 N–H and O–H groups in total. The summed E-state index contributed by atoms with van der Waals surface area (Å²) in [7, 11) is 0. The van der Waals surface area contributed by atoms with Crippen LogP contribution in [0.5, 0.6) is 0 Å². The van der Waals surface area contributed by atoms with E-state index in [1.807, 2.05) is 0 Å². The van der Waals surface area contributed by atoms with E-state index in [1.165, 1.54) is 6.07 Å². The maximum atomic E-state index is 13.6. The van der Waals surface area contributed by atoms with Crippen LogP contribution >= 0.6 is 0 Å². The molecule has 19 heavy (non-hydrogen) atoms. The Morgan fingerprint density at radius 3 is 2.58 bits per heavy atom. The summed E-state index contributed by atoms with van der Waals surface area (Å²) >= 11 is 0. The number of Topliss-reactive ketones (excluding diaryl/α,β-unsaturated/α-hetero) is 1. The second-order valence-electron chi connectivity index (χ2n) is 4.73. The van der Waals surface area contributed by atoms with E-state index < -0.39 is 0 Å². The van der Waals surface area contributed by atoms with Crippen LogP contribution in [0.3, 0.4) is 0 Å². The van der Waals surface area contributed by atoms with Crippen LogP contribution < -0.4 is 10.6 Å². The molecule has 2 aliphatic rings. The number of hydrogen-bond acceptors (Lipinski definition) is 3. The summed E-state index contributed by atoms with van der Waals surface area (Å²) in [4.78, 5) is 12.3. The van der Waals surface area contributed by atoms with Gasteiger partial charge in [-0.2, -0.15) is 0 Å². The third-order valence-electron chi connectivity index (χ3n) is 3.48. The highest BCUT2D eigenvalue weighted by molar-refractivity contribution is 6.13. The number of nitrogens with one attached hydrogen (secondary N) is 2. The number of allylic oxidation sites excluding steroid dienone is 2. The zero-order valence-corrected chi connectivity index (χ0v) is 10.5. The first kappa shape index (κ1) is 12.0. The predicted molar refractivity (Wildman–Crippen MR) is 71.6 cm³/mol. The van der Waals surface area contributed by atoms with E-state index >= 15 is 0 Å². The zero-order valence-electron chi connectivity index (χ0n) is 10.5. The van der Waals surface area contributed by atoms with Crippen LogP contribution in [0.15, 0.2) is 41.2 Å². The summed E-state index contributed by atoms with van der Waals surface area (Å²) < 4.78 is 13.6. The molecule has 1 aliphatic heterocycles. The minimum absolute atomic E-state index is 0.0279. The monoisotopic (exact) mass is 258 g/mol. The highest BCUT2D eigenvalue weighted by Gasteiger charge is 2.27. The van der Waals surface area contributed by atoms with Gasteiger partial charge in [-0.05, 0) is 25.0 Å². The third-order valence-corrected chi connectivity index (χ3v) is 3.48. The van der Waals surface area contributed by atoms with E-state index in [1.54, 1.807) is 24.3 Å². The van der Waals surface area contributed by atoms with Crippen LogP contribution in [0.1, 0.15) is 18.4 Å². The third kappa shape index (κ3) is 2.26. The van der Waals surface area contributed by atoms with Gasteiger partial charge in [0.2, 0.25) is 0 Å². The van der Waals surface area contributed by atoms with Crippen LogP contribution in [-0.2, 0) is 4.79 Å². The first-order valence-electron chi connectivity index (χ1n) is 6.46. The van der Waals surface area contributed by atoms with Gasteiger partial charge in [-0.25, -0.2) is 4.39 Å². The fraction of sp³-hybridized carbons (Fsp3) is 0.267. The molecule has 3 nitrogen and oxygen atoms in total. The molecule has 1 aliphatic carbocycles. The molecule has 98 valence electrons. The van der Waals surface area contributed by atoms with E-state index in [4.69, 9.17) is 0 Å². The lowest BCUT2D eigenvalue weighted by molar-refractivity contribution is -0.111. The van der Waals surface area contributed by atoms with E-state index in [-0.39, 0.29) is 11.6 Å². The topological polar surface area (TPSA) is 41.1 Å². The Hall–Kier alpha value is -2.10. The minimum Gasteiger partial charge on any atom is -0.370 e. The summed E-state index contributed by atoms with van der Waals surface area (Å²) in [5.41, 5.74) is 1.95. The maximum Gasteiger partial charge on any atom is 0.188 e. The summed E-state index contributed by atoms with van der Waals surface area (Å²) in [6.45, 7) is 1.69. The van der Waals surface area contributed by atoms with Crippen LogP contribution in [-0.4, -0.2) is 18.9 Å². The Bertz CT molecular complexity index is 582. The summed E-state index contributed by atoms with van der Waals surface area (Å²) in [6, 6.07) is 6.51. The second-order valence-corrected chi connectivity index (χ2v) is 4.73. The molecule has 0 spiro atoms. The van der Waals surface area contributed by atoms with Crippen molar-refractivity contribution in [1.29, 1.82) is 0 Å². The average Bonchev–Trinajstić information content (AvgIpc) is 3.03. The average molecular weight is 258 g/mol. The molecule has 0 amide bonds. The highest BCUT2D eigenvalue weighted by Crippen LogP contribution is 2.29. The van der Waals surface area contributed by atoms with Crippen molar-refractivity contribution in [2.45, 2.75) is 12.8 Å². The van der Waals surface area contributed by atoms with Crippen molar-refractivity contribution in [1.82, 2.24) is 10.6 Å². The maximum absolute atomic E-state index is 13.6. The molecule has 1 saturated carbocycles. The van der Waals surface area contributed by atoms with Crippen LogP contribution in [0, 0.1) is 5.82 Å². The van der Waals surface area contributed by atoms with Crippen molar-refractivity contribution in [3.8, 4) is 0 Å². The molecule has 2 fully saturated rings. The molecule has 0 unspecified atom stereocenters. The van der Waals surface area contributed by atoms with Crippen molar-refractivity contribution >= 4 is 11.9 Å². The molecular formula is C15H15FN2O. The van der Waals surface area contributed by atoms with Gasteiger partial charge in [-0.15, -0.1) is 0 Å². The van der Waals surface area contributed by atoms with E-state index in [0.717, 1.165) is 24.5 Å². The largest absolute Gasteiger partial charge is 0.370 e. The van der Waals surface area contributed by atoms with Crippen LogP contribution in [0.2, 0.25) is 0 Å². The summed E-state index contributed by atoms with van der Waals surface area (Å²) in [5.74, 6) is 0.586. The number of ketones is 1. The number of carbonyl (C=O) groups excluding carboxylic acids is 1. The SMILES string of the molecule is O=C1C(=C2NCCN2)CC/C1=C\c1ccccc1F. The first-order valence-corrected chi connectivity index (χ1v) is 6.46. The summed E-state index contributed by atoms with van der Waals surface area (Å²) in [6.07, 6.45) is 3.06. The fourth-order valence-electron chi connectivity index (χ4n) is 2.49. The zero-order chi connectivity index (χ0) is 13.2. The van der Waals surface area contributed by atoms with Gasteiger partial charge in [0.1, 0.15) is 11.6 Å². The van der Waals surface area contributed by atoms with Crippen LogP contribution in [0.25, 0.3) is 6.08 Å². The molecule has 1 aromatic carbocycles. The Morgan fingerprint density at radius 2 is 1.84 bits per heavy atom. The number of halogens is 1. The smallest absolute Gasteiger partial charge is 0.188 e. The van der Waals surface area contributed by atoms with E-state index in [0.29, 0.717) is 24.0 Å². The molecule has 1 aromatic rings. The molecular weight excluding hydrogens is 243 g/mol. The van der Waals surface area contributed by atoms with E-state index in [9.17, 15) is 9.18 Å². The predicted octanol–water partition coefficient (Wildman–Crippen LogP) is 1.98. The van der Waals surface area contributed by atoms with Gasteiger partial charge in [0.05, 0.1) is 0 Å². The summed E-state index contributed by atoms with van der Waals surface area (Å²) in [5, 5.41) is 6.34. The van der Waals surface area contributed by atoms with Gasteiger partial charge in [0.15, 0.2) is 5.78 Å². The van der Waals surface area contributed by atoms with Crippen molar-refractivity contribution < 1.29 is 9.18 Å². The minimum atomic E-state index is -0.291. The molecule has 1 heterocycles. The lowest BCUT2D eigenvalue weighted by atomic mass is 10.1. The first-order chi connectivity index (χ1) is 9.25. The lowest BCUT2D eigenvalue weighted by Gasteiger charge is -2.03. The number of benzene rings is 1. The Kier molecular flexibility index (Phi) is 3.07. The number of rotatable bonds is 1. The Morgan fingerprint density at radius 1 is 1.11 bits per heavy atom. The molecule has 0 radical (unpaired) electrons. The molecule has 1 saturated heterocycles. The lowest BCUT2D eigenvalue weighted by Crippen LogP contribution is -2.15. The normalized spacial score (nSPS) is 20.9. The Labute approximate surface area is 111 Å². The van der Waals surface area contributed by atoms with E-state index in [2.05, 4.69) is 10.6 Å². The van der Waals surface area contributed by atoms with Gasteiger partial charge in [0, 0.05) is 29.8 Å². The van der Waals surface area contributed by atoms with Crippen molar-refractivity contribution in [2.24, 2.45) is 0 Å². The van der Waals surface area contributed by atoms with Gasteiger partial charge < -0.3 is 10.6 Å². The molecule has 3 rings (SSSR count). The fourth-order valence-corrected chi connectivity index (χ4v) is 2.49. The van der Waals surface area contributed by atoms with Gasteiger partial charge in [-0.3, -0.25) is 4.79 Å². The van der Waals surface area contributed by atoms with Crippen molar-refractivity contribution in [3.05, 3.63) is 52.6 Å². The van der Waals surface area contributed by atoms with Crippen molar-refractivity contribution in [2.75, 3.05) is 13.1 Å². The molecule has 0 bridgehead atoms. The van der Waals surface area contributed by atoms with Gasteiger partial charge >= 0.3 is 0 Å². The number of carbonyl (C=O) groups is 1. The second kappa shape index (κ2) is 4.88. The number of hydrogen-bond donors (Lipinski definition) is 2. The van der Waals surface area contributed by atoms with Crippen LogP contribution in [0.4, 0.5) is 4.39 Å².